The Morgan fingerprint density at radius 2 is 1.80 bits per heavy atom. The smallest absolute Gasteiger partial charge is 0.114 e. The molecular formula is C14H12O. The van der Waals surface area contributed by atoms with E-state index in [9.17, 15) is 0 Å². The zero-order valence-electron chi connectivity index (χ0n) is 8.39. The van der Waals surface area contributed by atoms with Gasteiger partial charge in [0.15, 0.2) is 0 Å². The van der Waals surface area contributed by atoms with Crippen molar-refractivity contribution in [1.29, 1.82) is 0 Å². The number of hydrogen-bond donors (Lipinski definition) is 0. The van der Waals surface area contributed by atoms with E-state index in [-0.39, 0.29) is 0 Å². The summed E-state index contributed by atoms with van der Waals surface area (Å²) in [5.41, 5.74) is 2.14. The van der Waals surface area contributed by atoms with E-state index in [4.69, 9.17) is 4.74 Å². The van der Waals surface area contributed by atoms with Crippen LogP contribution in [0.25, 0.3) is 0 Å². The molecule has 0 saturated carbocycles. The molecule has 0 N–H and O–H groups in total. The Morgan fingerprint density at radius 1 is 1.00 bits per heavy atom. The molecule has 2 rings (SSSR count). The second kappa shape index (κ2) is 5.32. The molecule has 0 heterocycles. The molecule has 0 spiro atoms. The Morgan fingerprint density at radius 3 is 2.53 bits per heavy atom. The third-order valence-electron chi connectivity index (χ3n) is 2.04. The molecule has 0 aliphatic carbocycles. The monoisotopic (exact) mass is 196 g/mol. The summed E-state index contributed by atoms with van der Waals surface area (Å²) in [7, 11) is 0. The van der Waals surface area contributed by atoms with Crippen LogP contribution in [0.1, 0.15) is 11.1 Å². The second-order valence-electron chi connectivity index (χ2n) is 3.23. The number of benzene rings is 2. The maximum Gasteiger partial charge on any atom is 0.114 e. The standard InChI is InChI=1S/C14H12O/c1-3-7-13(8-4-1)11-15-12-14-9-5-2-6-10-14/h1-9,12H,11H2. The first-order chi connectivity index (χ1) is 7.45. The van der Waals surface area contributed by atoms with Crippen LogP contribution in [0.4, 0.5) is 0 Å². The molecule has 0 amide bonds. The number of hydrogen-bond acceptors (Lipinski definition) is 1. The molecule has 0 fully saturated rings. The molecule has 0 aliphatic rings. The highest BCUT2D eigenvalue weighted by atomic mass is 16.5. The van der Waals surface area contributed by atoms with Crippen LogP contribution in [-0.2, 0) is 11.3 Å². The van der Waals surface area contributed by atoms with Crippen LogP contribution in [-0.4, -0.2) is 0 Å². The Labute approximate surface area is 90.3 Å². The molecule has 0 unspecified atom stereocenters. The minimum atomic E-state index is 0.601. The quantitative estimate of drug-likeness (QED) is 0.729. The first-order valence-corrected chi connectivity index (χ1v) is 4.90. The molecule has 0 bridgehead atoms. The van der Waals surface area contributed by atoms with Crippen LogP contribution in [0.5, 0.6) is 0 Å². The number of ether oxygens (including phenoxy) is 1. The molecule has 0 atom stereocenters. The van der Waals surface area contributed by atoms with E-state index in [2.05, 4.69) is 6.07 Å². The van der Waals surface area contributed by atoms with Crippen molar-refractivity contribution in [1.82, 2.24) is 0 Å². The fourth-order valence-electron chi connectivity index (χ4n) is 1.28. The van der Waals surface area contributed by atoms with E-state index >= 15 is 0 Å². The van der Waals surface area contributed by atoms with Crippen molar-refractivity contribution in [3.8, 4) is 0 Å². The largest absolute Gasteiger partial charge is 0.366 e. The van der Waals surface area contributed by atoms with Gasteiger partial charge in [-0.2, -0.15) is 0 Å². The number of rotatable bonds is 4. The van der Waals surface area contributed by atoms with Crippen LogP contribution < -0.4 is 0 Å². The first kappa shape index (κ1) is 9.94. The maximum absolute atomic E-state index is 5.45. The van der Waals surface area contributed by atoms with Crippen molar-refractivity contribution in [3.05, 3.63) is 78.4 Å². The van der Waals surface area contributed by atoms with Gasteiger partial charge in [0.2, 0.25) is 0 Å². The maximum atomic E-state index is 5.45. The van der Waals surface area contributed by atoms with Crippen molar-refractivity contribution in [3.63, 3.8) is 0 Å². The van der Waals surface area contributed by atoms with Gasteiger partial charge in [-0.1, -0.05) is 54.6 Å². The summed E-state index contributed by atoms with van der Waals surface area (Å²) >= 11 is 0. The van der Waals surface area contributed by atoms with Crippen molar-refractivity contribution < 1.29 is 4.74 Å². The normalized spacial score (nSPS) is 10.1. The minimum absolute atomic E-state index is 0.601. The van der Waals surface area contributed by atoms with Gasteiger partial charge < -0.3 is 4.74 Å². The van der Waals surface area contributed by atoms with E-state index in [1.807, 2.05) is 54.6 Å². The van der Waals surface area contributed by atoms with Gasteiger partial charge in [0, 0.05) is 0 Å². The average Bonchev–Trinajstić information content (AvgIpc) is 2.32. The Kier molecular flexibility index (Phi) is 3.53. The third-order valence-corrected chi connectivity index (χ3v) is 2.04. The molecule has 1 heteroatoms. The lowest BCUT2D eigenvalue weighted by Gasteiger charge is -2.02. The lowest BCUT2D eigenvalue weighted by Crippen LogP contribution is -1.91. The summed E-state index contributed by atoms with van der Waals surface area (Å²) < 4.78 is 5.45. The van der Waals surface area contributed by atoms with Crippen LogP contribution in [0.3, 0.4) is 0 Å². The van der Waals surface area contributed by atoms with Gasteiger partial charge in [0.1, 0.15) is 6.61 Å². The first-order valence-electron chi connectivity index (χ1n) is 4.90. The summed E-state index contributed by atoms with van der Waals surface area (Å²) in [4.78, 5) is 0. The van der Waals surface area contributed by atoms with Gasteiger partial charge in [-0.25, -0.2) is 0 Å². The van der Waals surface area contributed by atoms with Crippen molar-refractivity contribution in [2.75, 3.05) is 0 Å². The van der Waals surface area contributed by atoms with Gasteiger partial charge in [0.05, 0.1) is 6.61 Å². The molecule has 2 radical (unpaired) electrons. The lowest BCUT2D eigenvalue weighted by molar-refractivity contribution is 0.199. The predicted molar refractivity (Wildman–Crippen MR) is 59.9 cm³/mol. The zero-order valence-corrected chi connectivity index (χ0v) is 8.39. The van der Waals surface area contributed by atoms with Gasteiger partial charge in [0.25, 0.3) is 0 Å². The minimum Gasteiger partial charge on any atom is -0.366 e. The fraction of sp³-hybridized carbons (Fsp3) is 0.0714. The van der Waals surface area contributed by atoms with Crippen LogP contribution >= 0.6 is 0 Å². The molecule has 0 aliphatic heterocycles. The van der Waals surface area contributed by atoms with Crippen LogP contribution in [0, 0.1) is 12.7 Å². The van der Waals surface area contributed by atoms with E-state index in [0.29, 0.717) is 6.61 Å². The summed E-state index contributed by atoms with van der Waals surface area (Å²) in [6, 6.07) is 20.9. The van der Waals surface area contributed by atoms with Crippen molar-refractivity contribution >= 4 is 0 Å². The Hall–Kier alpha value is -1.60. The highest BCUT2D eigenvalue weighted by Gasteiger charge is 1.94. The molecule has 2 aromatic carbocycles. The van der Waals surface area contributed by atoms with Gasteiger partial charge >= 0.3 is 0 Å². The fourth-order valence-corrected chi connectivity index (χ4v) is 1.28. The van der Waals surface area contributed by atoms with Crippen molar-refractivity contribution in [2.45, 2.75) is 6.61 Å². The second-order valence-corrected chi connectivity index (χ2v) is 3.23. The topological polar surface area (TPSA) is 9.23 Å². The zero-order chi connectivity index (χ0) is 10.3. The summed E-state index contributed by atoms with van der Waals surface area (Å²) in [5.74, 6) is 0. The van der Waals surface area contributed by atoms with Crippen molar-refractivity contribution in [2.24, 2.45) is 0 Å². The summed E-state index contributed by atoms with van der Waals surface area (Å²) in [5, 5.41) is 0. The van der Waals surface area contributed by atoms with Crippen LogP contribution in [0.15, 0.2) is 54.6 Å². The summed E-state index contributed by atoms with van der Waals surface area (Å²) in [6.45, 7) is 2.33. The SMILES string of the molecule is [c]1ccccc1[CH]OCc1ccccc1. The molecule has 0 aromatic heterocycles. The highest BCUT2D eigenvalue weighted by molar-refractivity contribution is 5.19. The molecule has 74 valence electrons. The van der Waals surface area contributed by atoms with Crippen LogP contribution in [0.2, 0.25) is 0 Å². The van der Waals surface area contributed by atoms with Gasteiger partial charge in [-0.05, 0) is 17.2 Å². The van der Waals surface area contributed by atoms with E-state index < -0.39 is 0 Å². The van der Waals surface area contributed by atoms with Gasteiger partial charge in [-0.15, -0.1) is 0 Å². The predicted octanol–water partition coefficient (Wildman–Crippen LogP) is 3.21. The Balaban J connectivity index is 1.81. The van der Waals surface area contributed by atoms with Gasteiger partial charge in [-0.3, -0.25) is 0 Å². The highest BCUT2D eigenvalue weighted by Crippen LogP contribution is 2.06. The molecular weight excluding hydrogens is 184 g/mol. The van der Waals surface area contributed by atoms with E-state index in [1.165, 1.54) is 5.56 Å². The lowest BCUT2D eigenvalue weighted by atomic mass is 10.2. The summed E-state index contributed by atoms with van der Waals surface area (Å²) in [6.07, 6.45) is 0. The molecule has 15 heavy (non-hydrogen) atoms. The third kappa shape index (κ3) is 3.22. The molecule has 0 saturated heterocycles. The average molecular weight is 196 g/mol. The Bertz CT molecular complexity index is 341. The molecule has 2 aromatic rings. The van der Waals surface area contributed by atoms with E-state index in [1.54, 1.807) is 6.61 Å². The molecule has 1 nitrogen and oxygen atoms in total. The van der Waals surface area contributed by atoms with E-state index in [0.717, 1.165) is 5.56 Å².